The van der Waals surface area contributed by atoms with Crippen molar-refractivity contribution in [2.45, 2.75) is 64.5 Å². The van der Waals surface area contributed by atoms with E-state index in [1.807, 2.05) is 0 Å². The second-order valence-corrected chi connectivity index (χ2v) is 3.84. The van der Waals surface area contributed by atoms with Gasteiger partial charge >= 0.3 is 0 Å². The summed E-state index contributed by atoms with van der Waals surface area (Å²) in [7, 11) is 0. The fourth-order valence-electron chi connectivity index (χ4n) is 1.92. The predicted octanol–water partition coefficient (Wildman–Crippen LogP) is 2.71. The normalized spacial score (nSPS) is 32.2. The molecule has 0 amide bonds. The summed E-state index contributed by atoms with van der Waals surface area (Å²) in [6.07, 6.45) is 8.34. The minimum absolute atomic E-state index is 0.769. The highest BCUT2D eigenvalue weighted by Crippen LogP contribution is 2.16. The average molecular weight is 155 g/mol. The second kappa shape index (κ2) is 4.76. The molecule has 1 rings (SSSR count). The van der Waals surface area contributed by atoms with Crippen molar-refractivity contribution in [3.05, 3.63) is 0 Å². The molecule has 1 N–H and O–H groups in total. The summed E-state index contributed by atoms with van der Waals surface area (Å²) >= 11 is 0. The Morgan fingerprint density at radius 1 is 1.36 bits per heavy atom. The Labute approximate surface area is 70.6 Å². The Balaban J connectivity index is 2.12. The molecule has 1 heterocycles. The summed E-state index contributed by atoms with van der Waals surface area (Å²) in [5, 5.41) is 3.65. The van der Waals surface area contributed by atoms with Crippen LogP contribution >= 0.6 is 0 Å². The smallest absolute Gasteiger partial charge is 0.00695 e. The first-order valence-corrected chi connectivity index (χ1v) is 5.09. The van der Waals surface area contributed by atoms with Crippen LogP contribution in [-0.2, 0) is 0 Å². The predicted molar refractivity (Wildman–Crippen MR) is 49.8 cm³/mol. The molecule has 1 aliphatic heterocycles. The minimum Gasteiger partial charge on any atom is -0.312 e. The molecule has 0 aliphatic carbocycles. The van der Waals surface area contributed by atoms with Gasteiger partial charge in [-0.25, -0.2) is 0 Å². The largest absolute Gasteiger partial charge is 0.312 e. The fraction of sp³-hybridized carbons (Fsp3) is 1.00. The Morgan fingerprint density at radius 3 is 2.82 bits per heavy atom. The molecule has 1 fully saturated rings. The monoisotopic (exact) mass is 155 g/mol. The molecule has 1 aliphatic rings. The molecule has 0 aromatic carbocycles. The van der Waals surface area contributed by atoms with E-state index < -0.39 is 0 Å². The first kappa shape index (κ1) is 9.05. The van der Waals surface area contributed by atoms with Gasteiger partial charge in [-0.3, -0.25) is 0 Å². The Kier molecular flexibility index (Phi) is 3.92. The third-order valence-corrected chi connectivity index (χ3v) is 2.62. The van der Waals surface area contributed by atoms with E-state index in [1.54, 1.807) is 0 Å². The first-order valence-electron chi connectivity index (χ1n) is 5.09. The number of rotatable bonds is 3. The van der Waals surface area contributed by atoms with Crippen LogP contribution in [0, 0.1) is 0 Å². The van der Waals surface area contributed by atoms with Crippen LogP contribution in [0.3, 0.4) is 0 Å². The van der Waals surface area contributed by atoms with Crippen molar-refractivity contribution in [1.29, 1.82) is 0 Å². The van der Waals surface area contributed by atoms with Gasteiger partial charge in [0.15, 0.2) is 0 Å². The second-order valence-electron chi connectivity index (χ2n) is 3.84. The summed E-state index contributed by atoms with van der Waals surface area (Å²) in [4.78, 5) is 0. The SMILES string of the molecule is CCCCC1CCCC(C)N1. The molecular weight excluding hydrogens is 134 g/mol. The first-order chi connectivity index (χ1) is 5.33. The van der Waals surface area contributed by atoms with Gasteiger partial charge in [-0.1, -0.05) is 26.2 Å². The Bertz CT molecular complexity index is 101. The maximum absolute atomic E-state index is 3.65. The van der Waals surface area contributed by atoms with E-state index in [2.05, 4.69) is 19.2 Å². The lowest BCUT2D eigenvalue weighted by atomic mass is 9.96. The highest BCUT2D eigenvalue weighted by molar-refractivity contribution is 4.77. The maximum atomic E-state index is 3.65. The van der Waals surface area contributed by atoms with E-state index in [1.165, 1.54) is 38.5 Å². The van der Waals surface area contributed by atoms with Gasteiger partial charge in [-0.2, -0.15) is 0 Å². The zero-order valence-corrected chi connectivity index (χ0v) is 7.90. The van der Waals surface area contributed by atoms with Crippen molar-refractivity contribution < 1.29 is 0 Å². The zero-order chi connectivity index (χ0) is 8.10. The van der Waals surface area contributed by atoms with Gasteiger partial charge in [0.1, 0.15) is 0 Å². The van der Waals surface area contributed by atoms with Crippen LogP contribution in [0.25, 0.3) is 0 Å². The van der Waals surface area contributed by atoms with Gasteiger partial charge in [-0.05, 0) is 26.2 Å². The molecule has 0 spiro atoms. The van der Waals surface area contributed by atoms with E-state index in [0.29, 0.717) is 0 Å². The standard InChI is InChI=1S/C10H21N/c1-3-4-7-10-8-5-6-9(2)11-10/h9-11H,3-8H2,1-2H3. The van der Waals surface area contributed by atoms with E-state index in [4.69, 9.17) is 0 Å². The van der Waals surface area contributed by atoms with Crippen LogP contribution in [0.2, 0.25) is 0 Å². The van der Waals surface area contributed by atoms with Gasteiger partial charge < -0.3 is 5.32 Å². The third kappa shape index (κ3) is 3.24. The molecule has 0 saturated carbocycles. The zero-order valence-electron chi connectivity index (χ0n) is 7.90. The van der Waals surface area contributed by atoms with E-state index in [0.717, 1.165) is 12.1 Å². The number of unbranched alkanes of at least 4 members (excludes halogenated alkanes) is 1. The van der Waals surface area contributed by atoms with Crippen molar-refractivity contribution >= 4 is 0 Å². The van der Waals surface area contributed by atoms with Crippen molar-refractivity contribution in [3.8, 4) is 0 Å². The lowest BCUT2D eigenvalue weighted by molar-refractivity contribution is 0.317. The molecule has 2 unspecified atom stereocenters. The van der Waals surface area contributed by atoms with Gasteiger partial charge in [0, 0.05) is 12.1 Å². The van der Waals surface area contributed by atoms with Crippen LogP contribution in [0.4, 0.5) is 0 Å². The molecule has 1 heteroatoms. The summed E-state index contributed by atoms with van der Waals surface area (Å²) in [6.45, 7) is 4.57. The van der Waals surface area contributed by atoms with Gasteiger partial charge in [0.25, 0.3) is 0 Å². The van der Waals surface area contributed by atoms with E-state index >= 15 is 0 Å². The molecule has 0 radical (unpaired) electrons. The van der Waals surface area contributed by atoms with Crippen LogP contribution in [-0.4, -0.2) is 12.1 Å². The molecule has 2 atom stereocenters. The van der Waals surface area contributed by atoms with Gasteiger partial charge in [0.2, 0.25) is 0 Å². The number of hydrogen-bond acceptors (Lipinski definition) is 1. The highest BCUT2D eigenvalue weighted by atomic mass is 15.0. The number of nitrogens with one attached hydrogen (secondary N) is 1. The molecular formula is C10H21N. The maximum Gasteiger partial charge on any atom is 0.00695 e. The minimum atomic E-state index is 0.769. The van der Waals surface area contributed by atoms with E-state index in [9.17, 15) is 0 Å². The molecule has 0 aromatic rings. The fourth-order valence-corrected chi connectivity index (χ4v) is 1.92. The molecule has 0 aromatic heterocycles. The molecule has 66 valence electrons. The number of hydrogen-bond donors (Lipinski definition) is 1. The Morgan fingerprint density at radius 2 is 2.18 bits per heavy atom. The average Bonchev–Trinajstić information content (AvgIpc) is 2.01. The Hall–Kier alpha value is -0.0400. The molecule has 11 heavy (non-hydrogen) atoms. The third-order valence-electron chi connectivity index (χ3n) is 2.62. The lowest BCUT2D eigenvalue weighted by Gasteiger charge is -2.28. The van der Waals surface area contributed by atoms with E-state index in [-0.39, 0.29) is 0 Å². The van der Waals surface area contributed by atoms with Crippen LogP contribution < -0.4 is 5.32 Å². The summed E-state index contributed by atoms with van der Waals surface area (Å²) in [5.41, 5.74) is 0. The van der Waals surface area contributed by atoms with Crippen molar-refractivity contribution in [2.75, 3.05) is 0 Å². The van der Waals surface area contributed by atoms with Crippen molar-refractivity contribution in [1.82, 2.24) is 5.32 Å². The lowest BCUT2D eigenvalue weighted by Crippen LogP contribution is -2.40. The topological polar surface area (TPSA) is 12.0 Å². The molecule has 1 nitrogen and oxygen atoms in total. The van der Waals surface area contributed by atoms with Crippen LogP contribution in [0.15, 0.2) is 0 Å². The van der Waals surface area contributed by atoms with Crippen LogP contribution in [0.1, 0.15) is 52.4 Å². The summed E-state index contributed by atoms with van der Waals surface area (Å²) in [5.74, 6) is 0. The molecule has 1 saturated heterocycles. The van der Waals surface area contributed by atoms with Crippen molar-refractivity contribution in [2.24, 2.45) is 0 Å². The highest BCUT2D eigenvalue weighted by Gasteiger charge is 2.16. The summed E-state index contributed by atoms with van der Waals surface area (Å²) < 4.78 is 0. The van der Waals surface area contributed by atoms with Crippen molar-refractivity contribution in [3.63, 3.8) is 0 Å². The van der Waals surface area contributed by atoms with Gasteiger partial charge in [-0.15, -0.1) is 0 Å². The quantitative estimate of drug-likeness (QED) is 0.660. The van der Waals surface area contributed by atoms with Crippen LogP contribution in [0.5, 0.6) is 0 Å². The number of piperidine rings is 1. The molecule has 0 bridgehead atoms. The summed E-state index contributed by atoms with van der Waals surface area (Å²) in [6, 6.07) is 1.60. The van der Waals surface area contributed by atoms with Gasteiger partial charge in [0.05, 0.1) is 0 Å².